The van der Waals surface area contributed by atoms with Gasteiger partial charge in [-0.2, -0.15) is 0 Å². The normalized spacial score (nSPS) is 10.6. The predicted molar refractivity (Wildman–Crippen MR) is 117 cm³/mol. The van der Waals surface area contributed by atoms with E-state index in [1.807, 2.05) is 17.5 Å². The van der Waals surface area contributed by atoms with E-state index >= 15 is 0 Å². The Morgan fingerprint density at radius 2 is 1.90 bits per heavy atom. The highest BCUT2D eigenvalue weighted by atomic mass is 35.5. The lowest BCUT2D eigenvalue weighted by Crippen LogP contribution is -2.21. The van der Waals surface area contributed by atoms with Gasteiger partial charge in [-0.15, -0.1) is 11.3 Å². The van der Waals surface area contributed by atoms with E-state index < -0.39 is 10.8 Å². The fourth-order valence-electron chi connectivity index (χ4n) is 2.76. The summed E-state index contributed by atoms with van der Waals surface area (Å²) in [5.41, 5.74) is 2.26. The van der Waals surface area contributed by atoms with Crippen molar-refractivity contribution in [2.75, 3.05) is 23.3 Å². The molecule has 0 saturated carbocycles. The highest BCUT2D eigenvalue weighted by Gasteiger charge is 2.16. The third-order valence-corrected chi connectivity index (χ3v) is 5.59. The van der Waals surface area contributed by atoms with Crippen LogP contribution in [0.15, 0.2) is 47.8 Å². The minimum absolute atomic E-state index is 0.0109. The number of carbonyl (C=O) groups is 1. The number of anilines is 2. The van der Waals surface area contributed by atoms with Gasteiger partial charge >= 0.3 is 0 Å². The first kappa shape index (κ1) is 20.8. The highest BCUT2D eigenvalue weighted by molar-refractivity contribution is 7.14. The van der Waals surface area contributed by atoms with Gasteiger partial charge in [0.15, 0.2) is 5.13 Å². The number of nitrogens with zero attached hydrogens (tertiary/aromatic N) is 3. The van der Waals surface area contributed by atoms with Crippen molar-refractivity contribution >= 4 is 45.4 Å². The molecule has 2 aromatic carbocycles. The van der Waals surface area contributed by atoms with Crippen LogP contribution in [0, 0.1) is 10.1 Å². The average Bonchev–Trinajstić information content (AvgIpc) is 3.19. The quantitative estimate of drug-likeness (QED) is 0.396. The molecule has 0 atom stereocenters. The summed E-state index contributed by atoms with van der Waals surface area (Å²) < 4.78 is 0. The summed E-state index contributed by atoms with van der Waals surface area (Å²) in [6.45, 7) is 5.99. The van der Waals surface area contributed by atoms with Gasteiger partial charge in [0, 0.05) is 41.4 Å². The Kier molecular flexibility index (Phi) is 6.46. The molecule has 1 heterocycles. The Balaban J connectivity index is 1.73. The molecule has 0 aliphatic heterocycles. The van der Waals surface area contributed by atoms with Gasteiger partial charge in [-0.3, -0.25) is 14.9 Å². The van der Waals surface area contributed by atoms with Gasteiger partial charge in [0.25, 0.3) is 11.6 Å². The summed E-state index contributed by atoms with van der Waals surface area (Å²) in [6.07, 6.45) is 0. The Hall–Kier alpha value is -2.97. The zero-order chi connectivity index (χ0) is 21.0. The van der Waals surface area contributed by atoms with E-state index in [-0.39, 0.29) is 16.3 Å². The maximum absolute atomic E-state index is 12.4. The lowest BCUT2D eigenvalue weighted by molar-refractivity contribution is -0.384. The molecule has 0 bridgehead atoms. The molecule has 9 heteroatoms. The molecule has 7 nitrogen and oxygen atoms in total. The van der Waals surface area contributed by atoms with Crippen LogP contribution in [0.1, 0.15) is 24.2 Å². The lowest BCUT2D eigenvalue weighted by Gasteiger charge is -2.16. The second-order valence-corrected chi connectivity index (χ2v) is 7.39. The molecule has 0 fully saturated rings. The molecule has 1 aromatic heterocycles. The van der Waals surface area contributed by atoms with Crippen molar-refractivity contribution < 1.29 is 9.72 Å². The van der Waals surface area contributed by atoms with Crippen molar-refractivity contribution in [3.8, 4) is 11.3 Å². The largest absolute Gasteiger partial charge is 0.349 e. The monoisotopic (exact) mass is 430 g/mol. The highest BCUT2D eigenvalue weighted by Crippen LogP contribution is 2.29. The maximum Gasteiger partial charge on any atom is 0.288 e. The van der Waals surface area contributed by atoms with Crippen LogP contribution in [-0.2, 0) is 0 Å². The van der Waals surface area contributed by atoms with Crippen molar-refractivity contribution in [1.29, 1.82) is 0 Å². The molecule has 29 heavy (non-hydrogen) atoms. The number of carbonyl (C=O) groups excluding carboxylic acids is 1. The molecule has 150 valence electrons. The van der Waals surface area contributed by atoms with E-state index in [1.54, 1.807) is 23.5 Å². The Morgan fingerprint density at radius 3 is 2.52 bits per heavy atom. The third kappa shape index (κ3) is 4.72. The van der Waals surface area contributed by atoms with Crippen LogP contribution in [0.3, 0.4) is 0 Å². The molecule has 0 unspecified atom stereocenters. The molecule has 0 spiro atoms. The van der Waals surface area contributed by atoms with E-state index in [1.165, 1.54) is 12.1 Å². The number of thiazole rings is 1. The van der Waals surface area contributed by atoms with Gasteiger partial charge in [-0.25, -0.2) is 4.98 Å². The minimum Gasteiger partial charge on any atom is -0.349 e. The number of hydrogen-bond acceptors (Lipinski definition) is 6. The summed E-state index contributed by atoms with van der Waals surface area (Å²) in [5, 5.41) is 16.7. The number of rotatable bonds is 7. The fraction of sp³-hybridized carbons (Fsp3) is 0.200. The van der Waals surface area contributed by atoms with Crippen LogP contribution < -0.4 is 10.2 Å². The third-order valence-electron chi connectivity index (χ3n) is 4.37. The lowest BCUT2D eigenvalue weighted by atomic mass is 10.1. The van der Waals surface area contributed by atoms with Crippen LogP contribution in [0.2, 0.25) is 5.02 Å². The molecule has 0 aliphatic carbocycles. The van der Waals surface area contributed by atoms with Crippen LogP contribution >= 0.6 is 22.9 Å². The van der Waals surface area contributed by atoms with Gasteiger partial charge in [0.05, 0.1) is 10.6 Å². The van der Waals surface area contributed by atoms with Crippen LogP contribution in [0.25, 0.3) is 11.3 Å². The van der Waals surface area contributed by atoms with Gasteiger partial charge in [-0.05, 0) is 38.1 Å². The number of nitro benzene ring substituents is 1. The van der Waals surface area contributed by atoms with Gasteiger partial charge in [0.1, 0.15) is 5.02 Å². The second kappa shape index (κ2) is 9.02. The zero-order valence-corrected chi connectivity index (χ0v) is 17.5. The van der Waals surface area contributed by atoms with E-state index in [0.29, 0.717) is 5.69 Å². The van der Waals surface area contributed by atoms with Crippen molar-refractivity contribution in [3.05, 3.63) is 68.5 Å². The number of nitro groups is 1. The van der Waals surface area contributed by atoms with Crippen molar-refractivity contribution in [2.24, 2.45) is 0 Å². The van der Waals surface area contributed by atoms with E-state index in [2.05, 4.69) is 29.0 Å². The molecule has 0 radical (unpaired) electrons. The van der Waals surface area contributed by atoms with E-state index in [4.69, 9.17) is 11.6 Å². The summed E-state index contributed by atoms with van der Waals surface area (Å²) >= 11 is 7.39. The summed E-state index contributed by atoms with van der Waals surface area (Å²) in [7, 11) is 0. The molecule has 3 rings (SSSR count). The number of nitrogens with one attached hydrogen (secondary N) is 1. The van der Waals surface area contributed by atoms with Gasteiger partial charge in [0.2, 0.25) is 0 Å². The van der Waals surface area contributed by atoms with Gasteiger partial charge < -0.3 is 10.2 Å². The second-order valence-electron chi connectivity index (χ2n) is 6.14. The first-order valence-corrected chi connectivity index (χ1v) is 10.2. The molecule has 0 saturated heterocycles. The summed E-state index contributed by atoms with van der Waals surface area (Å²) in [4.78, 5) is 29.6. The minimum atomic E-state index is -0.617. The Bertz CT molecular complexity index is 1030. The van der Waals surface area contributed by atoms with Crippen LogP contribution in [0.4, 0.5) is 16.5 Å². The van der Waals surface area contributed by atoms with Crippen molar-refractivity contribution in [3.63, 3.8) is 0 Å². The van der Waals surface area contributed by atoms with E-state index in [0.717, 1.165) is 35.5 Å². The topological polar surface area (TPSA) is 88.4 Å². The molecule has 1 amide bonds. The van der Waals surface area contributed by atoms with Gasteiger partial charge in [-0.1, -0.05) is 23.7 Å². The van der Waals surface area contributed by atoms with E-state index in [9.17, 15) is 14.9 Å². The molecule has 3 aromatic rings. The number of aromatic nitrogens is 1. The predicted octanol–water partition coefficient (Wildman–Crippen LogP) is 5.47. The fourth-order valence-corrected chi connectivity index (χ4v) is 3.91. The van der Waals surface area contributed by atoms with Crippen LogP contribution in [-0.4, -0.2) is 28.9 Å². The summed E-state index contributed by atoms with van der Waals surface area (Å²) in [6, 6.07) is 11.2. The number of amides is 1. The van der Waals surface area contributed by atoms with Crippen LogP contribution in [0.5, 0.6) is 0 Å². The standard InChI is InChI=1S/C20H19ClN4O3S/c1-3-24(4-2)20-23-17(12-29-20)13-5-8-15(9-6-13)22-19(26)14-7-10-16(21)18(11-14)25(27)28/h5-12H,3-4H2,1-2H3,(H,22,26). The molecular weight excluding hydrogens is 412 g/mol. The zero-order valence-electron chi connectivity index (χ0n) is 15.9. The Labute approximate surface area is 177 Å². The molecule has 0 aliphatic rings. The van der Waals surface area contributed by atoms with Crippen molar-refractivity contribution in [2.45, 2.75) is 13.8 Å². The molecular formula is C20H19ClN4O3S. The number of hydrogen-bond donors (Lipinski definition) is 1. The molecule has 1 N–H and O–H groups in total. The number of halogens is 1. The SMILES string of the molecule is CCN(CC)c1nc(-c2ccc(NC(=O)c3ccc(Cl)c([N+](=O)[O-])c3)cc2)cs1. The summed E-state index contributed by atoms with van der Waals surface area (Å²) in [5.74, 6) is -0.449. The maximum atomic E-state index is 12.4. The smallest absolute Gasteiger partial charge is 0.288 e. The first-order chi connectivity index (χ1) is 13.9. The average molecular weight is 431 g/mol. The number of benzene rings is 2. The first-order valence-electron chi connectivity index (χ1n) is 8.99. The van der Waals surface area contributed by atoms with Crippen molar-refractivity contribution in [1.82, 2.24) is 4.98 Å². The Morgan fingerprint density at radius 1 is 1.21 bits per heavy atom.